The second-order valence-corrected chi connectivity index (χ2v) is 2.05. The van der Waals surface area contributed by atoms with Crippen LogP contribution in [0.15, 0.2) is 0 Å². The molecular formula is C7H13ClF2O2. The summed E-state index contributed by atoms with van der Waals surface area (Å²) in [5.41, 5.74) is 0. The Morgan fingerprint density at radius 1 is 1.58 bits per heavy atom. The summed E-state index contributed by atoms with van der Waals surface area (Å²) in [4.78, 5) is 10.5. The van der Waals surface area contributed by atoms with E-state index in [-0.39, 0.29) is 31.9 Å². The maximum absolute atomic E-state index is 12.5. The zero-order valence-electron chi connectivity index (χ0n) is 6.89. The predicted octanol–water partition coefficient (Wildman–Crippen LogP) is 2.06. The summed E-state index contributed by atoms with van der Waals surface area (Å²) in [5.74, 6) is -0.888. The number of halogens is 3. The van der Waals surface area contributed by atoms with Crippen molar-refractivity contribution in [3.8, 4) is 0 Å². The van der Waals surface area contributed by atoms with Gasteiger partial charge < -0.3 is 4.74 Å². The molecular weight excluding hydrogens is 190 g/mol. The Morgan fingerprint density at radius 2 is 2.17 bits per heavy atom. The van der Waals surface area contributed by atoms with Gasteiger partial charge in [0.05, 0.1) is 13.3 Å². The van der Waals surface area contributed by atoms with Gasteiger partial charge in [-0.15, -0.1) is 12.4 Å². The number of ether oxygens (including phenoxy) is 1. The first-order chi connectivity index (χ1) is 5.22. The Balaban J connectivity index is 0. The smallest absolute Gasteiger partial charge is 0.340 e. The van der Waals surface area contributed by atoms with E-state index in [1.807, 2.05) is 0 Å². The molecule has 0 aliphatic heterocycles. The highest BCUT2D eigenvalue weighted by Crippen LogP contribution is 2.04. The largest absolute Gasteiger partial charge is 0.464 e. The molecule has 0 aromatic carbocycles. The van der Waals surface area contributed by atoms with Crippen molar-refractivity contribution in [3.63, 3.8) is 0 Å². The Hall–Kier alpha value is -0.380. The molecule has 0 fully saturated rings. The summed E-state index contributed by atoms with van der Waals surface area (Å²) < 4.78 is 28.4. The minimum atomic E-state index is -1.66. The van der Waals surface area contributed by atoms with Crippen molar-refractivity contribution in [3.05, 3.63) is 0 Å². The normalized spacial score (nSPS) is 11.6. The summed E-state index contributed by atoms with van der Waals surface area (Å²) in [5, 5.41) is 0. The van der Waals surface area contributed by atoms with E-state index >= 15 is 0 Å². The standard InChI is InChI=1S/C7H12F2O2.ClH/c1-2-11-7(10)6(9)4-3-5-8;/h6H,2-5H2,1H3;1H. The van der Waals surface area contributed by atoms with E-state index in [0.29, 0.717) is 0 Å². The maximum atomic E-state index is 12.5. The van der Waals surface area contributed by atoms with Crippen molar-refractivity contribution in [2.75, 3.05) is 13.3 Å². The van der Waals surface area contributed by atoms with Gasteiger partial charge in [-0.1, -0.05) is 0 Å². The van der Waals surface area contributed by atoms with Crippen molar-refractivity contribution in [1.29, 1.82) is 0 Å². The fourth-order valence-corrected chi connectivity index (χ4v) is 0.607. The molecule has 2 nitrogen and oxygen atoms in total. The van der Waals surface area contributed by atoms with Crippen molar-refractivity contribution in [2.24, 2.45) is 0 Å². The minimum Gasteiger partial charge on any atom is -0.464 e. The van der Waals surface area contributed by atoms with Crippen LogP contribution in [0.3, 0.4) is 0 Å². The van der Waals surface area contributed by atoms with Gasteiger partial charge in [0.1, 0.15) is 0 Å². The highest BCUT2D eigenvalue weighted by molar-refractivity contribution is 5.85. The van der Waals surface area contributed by atoms with Gasteiger partial charge >= 0.3 is 5.97 Å². The van der Waals surface area contributed by atoms with E-state index in [9.17, 15) is 13.6 Å². The van der Waals surface area contributed by atoms with Gasteiger partial charge in [0.2, 0.25) is 0 Å². The van der Waals surface area contributed by atoms with Crippen LogP contribution in [0.5, 0.6) is 0 Å². The maximum Gasteiger partial charge on any atom is 0.340 e. The third-order valence-corrected chi connectivity index (χ3v) is 1.13. The van der Waals surface area contributed by atoms with Crippen LogP contribution in [0.1, 0.15) is 19.8 Å². The average Bonchev–Trinajstić information content (AvgIpc) is 2.00. The molecule has 0 bridgehead atoms. The first-order valence-electron chi connectivity index (χ1n) is 3.59. The van der Waals surface area contributed by atoms with Crippen molar-refractivity contribution >= 4 is 18.4 Å². The lowest BCUT2D eigenvalue weighted by Crippen LogP contribution is -2.18. The van der Waals surface area contributed by atoms with E-state index in [1.54, 1.807) is 6.92 Å². The molecule has 0 N–H and O–H groups in total. The van der Waals surface area contributed by atoms with Crippen LogP contribution in [-0.2, 0) is 9.53 Å². The van der Waals surface area contributed by atoms with Gasteiger partial charge in [0.25, 0.3) is 0 Å². The number of esters is 1. The Morgan fingerprint density at radius 3 is 2.58 bits per heavy atom. The number of carbonyl (C=O) groups is 1. The molecule has 0 saturated carbocycles. The molecule has 1 unspecified atom stereocenters. The molecule has 5 heteroatoms. The van der Waals surface area contributed by atoms with E-state index in [2.05, 4.69) is 4.74 Å². The van der Waals surface area contributed by atoms with Gasteiger partial charge in [-0.05, 0) is 19.8 Å². The third-order valence-electron chi connectivity index (χ3n) is 1.13. The molecule has 0 aromatic rings. The van der Waals surface area contributed by atoms with Crippen LogP contribution in [0.4, 0.5) is 8.78 Å². The highest BCUT2D eigenvalue weighted by Gasteiger charge is 2.17. The summed E-state index contributed by atoms with van der Waals surface area (Å²) in [7, 11) is 0. The molecule has 0 spiro atoms. The Bertz CT molecular complexity index is 122. The molecule has 1 atom stereocenters. The van der Waals surface area contributed by atoms with Crippen LogP contribution in [-0.4, -0.2) is 25.4 Å². The van der Waals surface area contributed by atoms with Crippen LogP contribution in [0, 0.1) is 0 Å². The first-order valence-corrected chi connectivity index (χ1v) is 3.59. The lowest BCUT2D eigenvalue weighted by Gasteiger charge is -2.04. The Labute approximate surface area is 76.7 Å². The number of hydrogen-bond donors (Lipinski definition) is 0. The fraction of sp³-hybridized carbons (Fsp3) is 0.857. The van der Waals surface area contributed by atoms with Gasteiger partial charge in [0, 0.05) is 0 Å². The molecule has 12 heavy (non-hydrogen) atoms. The second-order valence-electron chi connectivity index (χ2n) is 2.05. The molecule has 0 heterocycles. The van der Waals surface area contributed by atoms with Crippen LogP contribution < -0.4 is 0 Å². The molecule has 74 valence electrons. The molecule has 0 amide bonds. The van der Waals surface area contributed by atoms with Crippen molar-refractivity contribution in [1.82, 2.24) is 0 Å². The number of hydrogen-bond acceptors (Lipinski definition) is 2. The lowest BCUT2D eigenvalue weighted by molar-refractivity contribution is -0.149. The molecule has 0 aromatic heterocycles. The van der Waals surface area contributed by atoms with Gasteiger partial charge in [-0.25, -0.2) is 9.18 Å². The van der Waals surface area contributed by atoms with E-state index in [1.165, 1.54) is 0 Å². The SMILES string of the molecule is CCOC(=O)C(F)CCCF.Cl. The molecule has 0 rings (SSSR count). The van der Waals surface area contributed by atoms with Gasteiger partial charge in [-0.2, -0.15) is 0 Å². The van der Waals surface area contributed by atoms with Crippen molar-refractivity contribution in [2.45, 2.75) is 25.9 Å². The zero-order valence-corrected chi connectivity index (χ0v) is 7.70. The van der Waals surface area contributed by atoms with Crippen LogP contribution >= 0.6 is 12.4 Å². The summed E-state index contributed by atoms with van der Waals surface area (Å²) >= 11 is 0. The van der Waals surface area contributed by atoms with Crippen molar-refractivity contribution < 1.29 is 18.3 Å². The summed E-state index contributed by atoms with van der Waals surface area (Å²) in [6.45, 7) is 1.16. The quantitative estimate of drug-likeness (QED) is 0.638. The summed E-state index contributed by atoms with van der Waals surface area (Å²) in [6, 6.07) is 0. The number of alkyl halides is 2. The molecule has 0 radical (unpaired) electrons. The Kier molecular flexibility index (Phi) is 10.3. The lowest BCUT2D eigenvalue weighted by atomic mass is 10.2. The monoisotopic (exact) mass is 202 g/mol. The van der Waals surface area contributed by atoms with E-state index in [0.717, 1.165) is 0 Å². The fourth-order valence-electron chi connectivity index (χ4n) is 0.607. The average molecular weight is 203 g/mol. The van der Waals surface area contributed by atoms with Gasteiger partial charge in [-0.3, -0.25) is 4.39 Å². The summed E-state index contributed by atoms with van der Waals surface area (Å²) in [6.07, 6.45) is -1.68. The molecule has 0 aliphatic rings. The molecule has 0 aliphatic carbocycles. The topological polar surface area (TPSA) is 26.3 Å². The van der Waals surface area contributed by atoms with Crippen LogP contribution in [0.25, 0.3) is 0 Å². The van der Waals surface area contributed by atoms with Crippen LogP contribution in [0.2, 0.25) is 0 Å². The second kappa shape index (κ2) is 8.71. The van der Waals surface area contributed by atoms with E-state index in [4.69, 9.17) is 0 Å². The number of carbonyl (C=O) groups excluding carboxylic acids is 1. The first kappa shape index (κ1) is 14.2. The molecule has 0 saturated heterocycles. The highest BCUT2D eigenvalue weighted by atomic mass is 35.5. The number of rotatable bonds is 5. The van der Waals surface area contributed by atoms with Gasteiger partial charge in [0.15, 0.2) is 6.17 Å². The minimum absolute atomic E-state index is 0. The zero-order chi connectivity index (χ0) is 8.69. The predicted molar refractivity (Wildman–Crippen MR) is 44.0 cm³/mol. The van der Waals surface area contributed by atoms with E-state index < -0.39 is 18.8 Å². The third kappa shape index (κ3) is 6.34.